The van der Waals surface area contributed by atoms with Gasteiger partial charge in [0.2, 0.25) is 5.91 Å². The van der Waals surface area contributed by atoms with Crippen LogP contribution in [0.1, 0.15) is 52.0 Å². The number of benzene rings is 1. The Hall–Kier alpha value is -1.11. The summed E-state index contributed by atoms with van der Waals surface area (Å²) < 4.78 is 17.7. The van der Waals surface area contributed by atoms with E-state index in [0.29, 0.717) is 45.4 Å². The lowest BCUT2D eigenvalue weighted by molar-refractivity contribution is -0.228. The Bertz CT molecular complexity index is 628. The average molecular weight is 442 g/mol. The molecule has 0 radical (unpaired) electrons. The summed E-state index contributed by atoms with van der Waals surface area (Å²) in [5, 5.41) is 0. The maximum Gasteiger partial charge on any atom is 0.222 e. The highest BCUT2D eigenvalue weighted by atomic mass is 79.9. The third-order valence-electron chi connectivity index (χ3n) is 5.21. The number of methoxy groups -OCH3 is 2. The lowest BCUT2D eigenvalue weighted by Gasteiger charge is -2.39. The molecule has 152 valence electrons. The molecule has 2 rings (SSSR count). The highest BCUT2D eigenvalue weighted by molar-refractivity contribution is 9.10. The van der Waals surface area contributed by atoms with Gasteiger partial charge in [0, 0.05) is 46.6 Å². The van der Waals surface area contributed by atoms with E-state index in [-0.39, 0.29) is 11.3 Å². The molecule has 0 bridgehead atoms. The van der Waals surface area contributed by atoms with Crippen molar-refractivity contribution in [1.29, 1.82) is 0 Å². The van der Waals surface area contributed by atoms with Gasteiger partial charge in [0.1, 0.15) is 5.75 Å². The number of hydrogen-bond donors (Lipinski definition) is 0. The van der Waals surface area contributed by atoms with Crippen molar-refractivity contribution in [1.82, 2.24) is 4.90 Å². The van der Waals surface area contributed by atoms with E-state index in [4.69, 9.17) is 14.2 Å². The zero-order valence-electron chi connectivity index (χ0n) is 17.1. The maximum absolute atomic E-state index is 12.4. The van der Waals surface area contributed by atoms with Crippen LogP contribution in [-0.2, 0) is 19.7 Å². The minimum absolute atomic E-state index is 0.102. The molecule has 1 aliphatic heterocycles. The third-order valence-corrected chi connectivity index (χ3v) is 5.83. The molecule has 1 aromatic carbocycles. The maximum atomic E-state index is 12.4. The number of nitrogens with zero attached hydrogens (tertiary/aromatic N) is 1. The third kappa shape index (κ3) is 5.93. The summed E-state index contributed by atoms with van der Waals surface area (Å²) in [6, 6.07) is 6.19. The number of amides is 1. The molecular formula is C21H32BrNO4. The van der Waals surface area contributed by atoms with Crippen molar-refractivity contribution < 1.29 is 19.0 Å². The molecule has 5 nitrogen and oxygen atoms in total. The Morgan fingerprint density at radius 2 is 1.81 bits per heavy atom. The van der Waals surface area contributed by atoms with Crippen LogP contribution >= 0.6 is 15.9 Å². The molecule has 0 spiro atoms. The summed E-state index contributed by atoms with van der Waals surface area (Å²) in [6.07, 6.45) is 2.60. The molecule has 0 aromatic heterocycles. The van der Waals surface area contributed by atoms with Crippen LogP contribution in [0, 0.1) is 0 Å². The van der Waals surface area contributed by atoms with Crippen LogP contribution in [0.25, 0.3) is 0 Å². The Morgan fingerprint density at radius 3 is 2.33 bits per heavy atom. The molecule has 1 aromatic rings. The van der Waals surface area contributed by atoms with Gasteiger partial charge in [-0.1, -0.05) is 26.8 Å². The van der Waals surface area contributed by atoms with Gasteiger partial charge in [-0.2, -0.15) is 0 Å². The van der Waals surface area contributed by atoms with E-state index in [1.807, 2.05) is 11.0 Å². The fourth-order valence-corrected chi connectivity index (χ4v) is 3.73. The second-order valence-electron chi connectivity index (χ2n) is 8.05. The molecule has 0 atom stereocenters. The summed E-state index contributed by atoms with van der Waals surface area (Å²) in [4.78, 5) is 14.3. The number of piperidine rings is 1. The van der Waals surface area contributed by atoms with Gasteiger partial charge < -0.3 is 19.1 Å². The van der Waals surface area contributed by atoms with E-state index in [2.05, 4.69) is 48.8 Å². The van der Waals surface area contributed by atoms with E-state index in [0.717, 1.165) is 10.2 Å². The molecule has 1 amide bonds. The molecule has 0 N–H and O–H groups in total. The van der Waals surface area contributed by atoms with Crippen molar-refractivity contribution in [3.8, 4) is 5.75 Å². The number of rotatable bonds is 7. The lowest BCUT2D eigenvalue weighted by atomic mass is 9.87. The summed E-state index contributed by atoms with van der Waals surface area (Å²) in [7, 11) is 3.31. The highest BCUT2D eigenvalue weighted by Crippen LogP contribution is 2.31. The fourth-order valence-electron chi connectivity index (χ4n) is 3.24. The Labute approximate surface area is 171 Å². The summed E-state index contributed by atoms with van der Waals surface area (Å²) in [6.45, 7) is 8.41. The number of carbonyl (C=O) groups is 1. The van der Waals surface area contributed by atoms with Gasteiger partial charge in [-0.05, 0) is 45.5 Å². The summed E-state index contributed by atoms with van der Waals surface area (Å²) >= 11 is 3.58. The van der Waals surface area contributed by atoms with Crippen molar-refractivity contribution >= 4 is 21.8 Å². The molecule has 6 heteroatoms. The number of likely N-dealkylation sites (tertiary alicyclic amines) is 1. The quantitative estimate of drug-likeness (QED) is 0.460. The molecule has 1 fully saturated rings. The first kappa shape index (κ1) is 22.2. The molecule has 0 aliphatic carbocycles. The lowest BCUT2D eigenvalue weighted by Crippen LogP contribution is -2.48. The average Bonchev–Trinajstić information content (AvgIpc) is 2.65. The smallest absolute Gasteiger partial charge is 0.222 e. The molecular weight excluding hydrogens is 410 g/mol. The molecule has 0 unspecified atom stereocenters. The van der Waals surface area contributed by atoms with Crippen LogP contribution in [0.15, 0.2) is 22.7 Å². The van der Waals surface area contributed by atoms with Gasteiger partial charge in [-0.25, -0.2) is 0 Å². The Balaban J connectivity index is 1.75. The minimum atomic E-state index is -0.536. The Kier molecular flexibility index (Phi) is 7.72. The summed E-state index contributed by atoms with van der Waals surface area (Å²) in [5.41, 5.74) is 1.36. The first-order chi connectivity index (χ1) is 12.7. The number of halogens is 1. The first-order valence-electron chi connectivity index (χ1n) is 9.52. The molecule has 1 saturated heterocycles. The van der Waals surface area contributed by atoms with Crippen LogP contribution in [0.3, 0.4) is 0 Å². The minimum Gasteiger partial charge on any atom is -0.492 e. The van der Waals surface area contributed by atoms with Gasteiger partial charge in [-0.3, -0.25) is 4.79 Å². The van der Waals surface area contributed by atoms with Crippen LogP contribution < -0.4 is 4.74 Å². The highest BCUT2D eigenvalue weighted by Gasteiger charge is 2.35. The topological polar surface area (TPSA) is 48.0 Å². The normalized spacial score (nSPS) is 17.0. The van der Waals surface area contributed by atoms with Crippen LogP contribution in [0.4, 0.5) is 0 Å². The fraction of sp³-hybridized carbons (Fsp3) is 0.667. The van der Waals surface area contributed by atoms with Gasteiger partial charge in [0.05, 0.1) is 11.1 Å². The van der Waals surface area contributed by atoms with Crippen LogP contribution in [0.5, 0.6) is 5.75 Å². The summed E-state index contributed by atoms with van der Waals surface area (Å²) in [5.74, 6) is 0.450. The van der Waals surface area contributed by atoms with E-state index in [1.165, 1.54) is 5.56 Å². The van der Waals surface area contributed by atoms with E-state index in [1.54, 1.807) is 14.2 Å². The second kappa shape index (κ2) is 9.39. The molecule has 0 saturated carbocycles. The van der Waals surface area contributed by atoms with Gasteiger partial charge >= 0.3 is 0 Å². The zero-order valence-corrected chi connectivity index (χ0v) is 18.7. The molecule has 1 heterocycles. The van der Waals surface area contributed by atoms with E-state index >= 15 is 0 Å². The second-order valence-corrected chi connectivity index (χ2v) is 8.90. The van der Waals surface area contributed by atoms with Crippen LogP contribution in [0.2, 0.25) is 0 Å². The number of carbonyl (C=O) groups excluding carboxylic acids is 1. The molecule has 27 heavy (non-hydrogen) atoms. The largest absolute Gasteiger partial charge is 0.492 e. The molecule has 1 aliphatic rings. The van der Waals surface area contributed by atoms with E-state index < -0.39 is 5.79 Å². The van der Waals surface area contributed by atoms with Crippen molar-refractivity contribution in [2.24, 2.45) is 0 Å². The van der Waals surface area contributed by atoms with Crippen molar-refractivity contribution in [2.75, 3.05) is 33.9 Å². The number of hydrogen-bond acceptors (Lipinski definition) is 4. The Morgan fingerprint density at radius 1 is 1.19 bits per heavy atom. The van der Waals surface area contributed by atoms with Gasteiger partial charge in [0.15, 0.2) is 5.79 Å². The predicted molar refractivity (Wildman–Crippen MR) is 110 cm³/mol. The van der Waals surface area contributed by atoms with Gasteiger partial charge in [-0.15, -0.1) is 0 Å². The van der Waals surface area contributed by atoms with Crippen molar-refractivity contribution in [2.45, 2.75) is 57.7 Å². The predicted octanol–water partition coefficient (Wildman–Crippen LogP) is 4.52. The first-order valence-corrected chi connectivity index (χ1v) is 10.3. The number of ether oxygens (including phenoxy) is 3. The van der Waals surface area contributed by atoms with Gasteiger partial charge in [0.25, 0.3) is 0 Å². The zero-order chi connectivity index (χ0) is 20.1. The van der Waals surface area contributed by atoms with Crippen molar-refractivity contribution in [3.05, 3.63) is 28.2 Å². The van der Waals surface area contributed by atoms with Crippen molar-refractivity contribution in [3.63, 3.8) is 0 Å². The van der Waals surface area contributed by atoms with E-state index in [9.17, 15) is 4.79 Å². The standard InChI is InChI=1S/C21H32BrNO4/c1-20(2,3)16-8-9-18(17(22)15-16)27-14-6-7-19(24)23-12-10-21(25-4,26-5)11-13-23/h8-9,15H,6-7,10-14H2,1-5H3. The monoisotopic (exact) mass is 441 g/mol. The van der Waals surface area contributed by atoms with Crippen LogP contribution in [-0.4, -0.2) is 50.5 Å². The SMILES string of the molecule is COC1(OC)CCN(C(=O)CCCOc2ccc(C(C)(C)C)cc2Br)CC1.